The van der Waals surface area contributed by atoms with Crippen LogP contribution in [0.4, 0.5) is 11.5 Å². The maximum absolute atomic E-state index is 9.00. The summed E-state index contributed by atoms with van der Waals surface area (Å²) in [6, 6.07) is 3.61. The van der Waals surface area contributed by atoms with E-state index >= 15 is 0 Å². The molecule has 1 aromatic rings. The Morgan fingerprint density at radius 2 is 2.31 bits per heavy atom. The first-order valence-corrected chi connectivity index (χ1v) is 5.11. The van der Waals surface area contributed by atoms with Crippen LogP contribution in [0.2, 0.25) is 0 Å². The van der Waals surface area contributed by atoms with E-state index in [-0.39, 0.29) is 18.6 Å². The third kappa shape index (κ3) is 2.84. The van der Waals surface area contributed by atoms with Crippen LogP contribution < -0.4 is 11.1 Å². The summed E-state index contributed by atoms with van der Waals surface area (Å²) < 4.78 is 0. The molecule has 1 aromatic heterocycles. The molecule has 0 aliphatic heterocycles. The van der Waals surface area contributed by atoms with Gasteiger partial charge in [0.25, 0.3) is 0 Å². The number of nitrogens with one attached hydrogen (secondary N) is 1. The largest absolute Gasteiger partial charge is 0.396 e. The van der Waals surface area contributed by atoms with Crippen LogP contribution in [0.1, 0.15) is 19.4 Å². The Labute approximate surface area is 94.9 Å². The Morgan fingerprint density at radius 3 is 2.81 bits per heavy atom. The van der Waals surface area contributed by atoms with Crippen LogP contribution in [0.25, 0.3) is 0 Å². The average Bonchev–Trinajstić information content (AvgIpc) is 2.30. The fourth-order valence-electron chi connectivity index (χ4n) is 1.18. The highest BCUT2D eigenvalue weighted by Gasteiger charge is 2.12. The van der Waals surface area contributed by atoms with Gasteiger partial charge in [0.15, 0.2) is 0 Å². The zero-order valence-electron chi connectivity index (χ0n) is 9.44. The Bertz CT molecular complexity index is 399. The first-order chi connectivity index (χ1) is 7.58. The molecule has 0 spiro atoms. The minimum atomic E-state index is 0.0627. The number of aromatic nitrogens is 1. The van der Waals surface area contributed by atoms with Gasteiger partial charge in [-0.3, -0.25) is 0 Å². The van der Waals surface area contributed by atoms with Crippen molar-refractivity contribution in [2.75, 3.05) is 17.7 Å². The molecular weight excluding hydrogens is 204 g/mol. The lowest BCUT2D eigenvalue weighted by atomic mass is 10.1. The third-order valence-corrected chi connectivity index (χ3v) is 2.55. The van der Waals surface area contributed by atoms with Crippen molar-refractivity contribution in [3.63, 3.8) is 0 Å². The summed E-state index contributed by atoms with van der Waals surface area (Å²) in [5, 5.41) is 20.8. The van der Waals surface area contributed by atoms with E-state index in [1.165, 1.54) is 6.20 Å². The monoisotopic (exact) mass is 220 g/mol. The molecule has 2 unspecified atom stereocenters. The second-order valence-electron chi connectivity index (χ2n) is 3.87. The molecule has 86 valence electrons. The molecule has 1 heterocycles. The van der Waals surface area contributed by atoms with Crippen molar-refractivity contribution in [2.45, 2.75) is 19.9 Å². The summed E-state index contributed by atoms with van der Waals surface area (Å²) in [6.07, 6.45) is 1.47. The summed E-state index contributed by atoms with van der Waals surface area (Å²) in [5.74, 6) is 0.656. The number of nitrogen functional groups attached to an aromatic ring is 1. The number of nitrogens with zero attached hydrogens (tertiary/aromatic N) is 2. The van der Waals surface area contributed by atoms with Gasteiger partial charge in [-0.2, -0.15) is 5.26 Å². The number of aliphatic hydroxyl groups is 1. The molecule has 0 aromatic carbocycles. The van der Waals surface area contributed by atoms with Gasteiger partial charge in [0.1, 0.15) is 11.9 Å². The van der Waals surface area contributed by atoms with Crippen molar-refractivity contribution in [1.29, 1.82) is 5.26 Å². The number of hydrogen-bond donors (Lipinski definition) is 3. The minimum Gasteiger partial charge on any atom is -0.396 e. The predicted molar refractivity (Wildman–Crippen MR) is 62.7 cm³/mol. The molecule has 0 fully saturated rings. The van der Waals surface area contributed by atoms with Crippen molar-refractivity contribution in [2.24, 2.45) is 5.92 Å². The Hall–Kier alpha value is -1.80. The number of nitrogens with two attached hydrogens (primary N) is 1. The molecule has 5 nitrogen and oxygen atoms in total. The topological polar surface area (TPSA) is 95.0 Å². The fourth-order valence-corrected chi connectivity index (χ4v) is 1.18. The number of anilines is 2. The van der Waals surface area contributed by atoms with Crippen LogP contribution in [0.5, 0.6) is 0 Å². The fraction of sp³-hybridized carbons (Fsp3) is 0.455. The van der Waals surface area contributed by atoms with E-state index in [2.05, 4.69) is 10.3 Å². The van der Waals surface area contributed by atoms with Crippen molar-refractivity contribution >= 4 is 11.5 Å². The lowest BCUT2D eigenvalue weighted by Crippen LogP contribution is -2.27. The Kier molecular flexibility index (Phi) is 4.09. The van der Waals surface area contributed by atoms with Gasteiger partial charge in [0.2, 0.25) is 0 Å². The number of rotatable bonds is 4. The molecule has 0 saturated heterocycles. The molecule has 0 bridgehead atoms. The summed E-state index contributed by atoms with van der Waals surface area (Å²) in [4.78, 5) is 4.07. The van der Waals surface area contributed by atoms with Gasteiger partial charge in [0.05, 0.1) is 11.3 Å². The summed E-state index contributed by atoms with van der Waals surface area (Å²) in [7, 11) is 0. The van der Waals surface area contributed by atoms with E-state index in [0.29, 0.717) is 17.1 Å². The molecule has 2 atom stereocenters. The lowest BCUT2D eigenvalue weighted by Gasteiger charge is -2.20. The number of nitriles is 1. The first-order valence-electron chi connectivity index (χ1n) is 5.11. The SMILES string of the molecule is CC(CO)C(C)Nc1ncc(C#N)cc1N. The zero-order chi connectivity index (χ0) is 12.1. The van der Waals surface area contributed by atoms with E-state index in [1.54, 1.807) is 6.07 Å². The standard InChI is InChI=1S/C11H16N4O/c1-7(6-16)8(2)15-11-10(13)3-9(4-12)5-14-11/h3,5,7-8,16H,6,13H2,1-2H3,(H,14,15). The number of pyridine rings is 1. The van der Waals surface area contributed by atoms with Gasteiger partial charge < -0.3 is 16.2 Å². The van der Waals surface area contributed by atoms with Crippen LogP contribution in [0.3, 0.4) is 0 Å². The van der Waals surface area contributed by atoms with E-state index in [1.807, 2.05) is 19.9 Å². The third-order valence-electron chi connectivity index (χ3n) is 2.55. The molecule has 0 aliphatic rings. The van der Waals surface area contributed by atoms with Crippen molar-refractivity contribution < 1.29 is 5.11 Å². The van der Waals surface area contributed by atoms with Gasteiger partial charge in [-0.1, -0.05) is 6.92 Å². The predicted octanol–water partition coefficient (Wildman–Crippen LogP) is 0.964. The van der Waals surface area contributed by atoms with E-state index < -0.39 is 0 Å². The van der Waals surface area contributed by atoms with Gasteiger partial charge in [0, 0.05) is 18.8 Å². The molecule has 1 rings (SSSR count). The molecule has 4 N–H and O–H groups in total. The smallest absolute Gasteiger partial charge is 0.149 e. The first kappa shape index (κ1) is 12.3. The van der Waals surface area contributed by atoms with E-state index in [9.17, 15) is 0 Å². The molecule has 16 heavy (non-hydrogen) atoms. The molecule has 0 aliphatic carbocycles. The number of aliphatic hydroxyl groups excluding tert-OH is 1. The van der Waals surface area contributed by atoms with Gasteiger partial charge in [-0.15, -0.1) is 0 Å². The van der Waals surface area contributed by atoms with Crippen LogP contribution >= 0.6 is 0 Å². The van der Waals surface area contributed by atoms with Crippen LogP contribution in [-0.2, 0) is 0 Å². The van der Waals surface area contributed by atoms with Crippen LogP contribution in [0.15, 0.2) is 12.3 Å². The number of hydrogen-bond acceptors (Lipinski definition) is 5. The van der Waals surface area contributed by atoms with Crippen molar-refractivity contribution in [3.8, 4) is 6.07 Å². The second-order valence-corrected chi connectivity index (χ2v) is 3.87. The second kappa shape index (κ2) is 5.33. The molecular formula is C11H16N4O. The van der Waals surface area contributed by atoms with Crippen molar-refractivity contribution in [1.82, 2.24) is 4.98 Å². The highest BCUT2D eigenvalue weighted by Crippen LogP contribution is 2.18. The highest BCUT2D eigenvalue weighted by atomic mass is 16.3. The van der Waals surface area contributed by atoms with E-state index in [4.69, 9.17) is 16.1 Å². The molecule has 5 heteroatoms. The van der Waals surface area contributed by atoms with Crippen molar-refractivity contribution in [3.05, 3.63) is 17.8 Å². The minimum absolute atomic E-state index is 0.0627. The van der Waals surface area contributed by atoms with E-state index in [0.717, 1.165) is 0 Å². The maximum Gasteiger partial charge on any atom is 0.149 e. The zero-order valence-corrected chi connectivity index (χ0v) is 9.44. The summed E-state index contributed by atoms with van der Waals surface area (Å²) >= 11 is 0. The van der Waals surface area contributed by atoms with Crippen LogP contribution in [-0.4, -0.2) is 22.7 Å². The summed E-state index contributed by atoms with van der Waals surface area (Å²) in [5.41, 5.74) is 6.63. The summed E-state index contributed by atoms with van der Waals surface area (Å²) in [6.45, 7) is 3.97. The molecule has 0 saturated carbocycles. The quantitative estimate of drug-likeness (QED) is 0.702. The normalized spacial score (nSPS) is 13.9. The van der Waals surface area contributed by atoms with Gasteiger partial charge in [-0.25, -0.2) is 4.98 Å². The van der Waals surface area contributed by atoms with Gasteiger partial charge in [-0.05, 0) is 18.9 Å². The molecule has 0 radical (unpaired) electrons. The molecule has 0 amide bonds. The lowest BCUT2D eigenvalue weighted by molar-refractivity contribution is 0.226. The average molecular weight is 220 g/mol. The van der Waals surface area contributed by atoms with Gasteiger partial charge >= 0.3 is 0 Å². The van der Waals surface area contributed by atoms with Crippen LogP contribution in [0, 0.1) is 17.2 Å². The Morgan fingerprint density at radius 1 is 1.62 bits per heavy atom. The Balaban J connectivity index is 2.79. The maximum atomic E-state index is 9.00. The highest BCUT2D eigenvalue weighted by molar-refractivity contribution is 5.63.